The molecule has 1 aromatic carbocycles. The smallest absolute Gasteiger partial charge is 0.243 e. The lowest BCUT2D eigenvalue weighted by Gasteiger charge is -2.34. The minimum Gasteiger partial charge on any atom is -0.396 e. The average Bonchev–Trinajstić information content (AvgIpc) is 2.43. The Bertz CT molecular complexity index is 611. The van der Waals surface area contributed by atoms with Gasteiger partial charge in [-0.15, -0.1) is 0 Å². The largest absolute Gasteiger partial charge is 0.396 e. The first-order valence-electron chi connectivity index (χ1n) is 7.14. The normalized spacial score (nSPS) is 18.0. The van der Waals surface area contributed by atoms with Crippen molar-refractivity contribution in [3.05, 3.63) is 23.5 Å². The van der Waals surface area contributed by atoms with Crippen LogP contribution < -0.4 is 5.73 Å². The van der Waals surface area contributed by atoms with Gasteiger partial charge < -0.3 is 10.6 Å². The fourth-order valence-corrected chi connectivity index (χ4v) is 4.26. The van der Waals surface area contributed by atoms with Gasteiger partial charge in [0.25, 0.3) is 0 Å². The molecule has 1 aliphatic rings. The van der Waals surface area contributed by atoms with Crippen LogP contribution in [0.3, 0.4) is 0 Å². The van der Waals surface area contributed by atoms with Crippen molar-refractivity contribution in [2.45, 2.75) is 25.2 Å². The number of nitrogens with two attached hydrogens (primary N) is 1. The summed E-state index contributed by atoms with van der Waals surface area (Å²) in [5.74, 6) is -0.584. The molecule has 118 valence electrons. The molecule has 0 aliphatic carbocycles. The Hall–Kier alpha value is -1.18. The van der Waals surface area contributed by atoms with Crippen LogP contribution in [-0.4, -0.2) is 50.3 Å². The summed E-state index contributed by atoms with van der Waals surface area (Å²) in [5.41, 5.74) is 5.76. The van der Waals surface area contributed by atoms with Gasteiger partial charge in [-0.3, -0.25) is 0 Å². The van der Waals surface area contributed by atoms with Crippen LogP contribution in [0.25, 0.3) is 0 Å². The third-order valence-electron chi connectivity index (χ3n) is 3.78. The second-order valence-electron chi connectivity index (χ2n) is 5.38. The fraction of sp³-hybridized carbons (Fsp3) is 0.571. The van der Waals surface area contributed by atoms with E-state index in [0.29, 0.717) is 18.7 Å². The monoisotopic (exact) mass is 315 g/mol. The molecular weight excluding hydrogens is 293 g/mol. The zero-order valence-electron chi connectivity index (χ0n) is 12.5. The summed E-state index contributed by atoms with van der Waals surface area (Å²) >= 11 is 0. The van der Waals surface area contributed by atoms with E-state index in [9.17, 15) is 12.8 Å². The maximum atomic E-state index is 13.4. The summed E-state index contributed by atoms with van der Waals surface area (Å²) < 4.78 is 40.2. The Balaban J connectivity index is 2.22. The molecule has 2 rings (SSSR count). The number of nitrogen functional groups attached to an aromatic ring is 1. The van der Waals surface area contributed by atoms with Gasteiger partial charge in [0.2, 0.25) is 10.0 Å². The lowest BCUT2D eigenvalue weighted by Crippen LogP contribution is -2.48. The second-order valence-corrected chi connectivity index (χ2v) is 7.29. The number of aryl methyl sites for hydroxylation is 1. The molecule has 1 fully saturated rings. The van der Waals surface area contributed by atoms with Crippen molar-refractivity contribution in [2.75, 3.05) is 38.5 Å². The standard InChI is InChI=1S/C14H22FN3O2S/c1-3-4-17-5-7-18(8-6-17)21(19,20)14-10-13(16)12(15)9-11(14)2/h9-10H,3-8,16H2,1-2H3. The van der Waals surface area contributed by atoms with Gasteiger partial charge in [-0.05, 0) is 37.6 Å². The Morgan fingerprint density at radius 3 is 2.43 bits per heavy atom. The van der Waals surface area contributed by atoms with Crippen molar-refractivity contribution in [3.63, 3.8) is 0 Å². The molecule has 21 heavy (non-hydrogen) atoms. The fourth-order valence-electron chi connectivity index (χ4n) is 2.60. The third kappa shape index (κ3) is 3.36. The number of anilines is 1. The minimum atomic E-state index is -3.61. The second kappa shape index (κ2) is 6.29. The van der Waals surface area contributed by atoms with E-state index < -0.39 is 15.8 Å². The van der Waals surface area contributed by atoms with Crippen LogP contribution in [0.4, 0.5) is 10.1 Å². The Morgan fingerprint density at radius 1 is 1.24 bits per heavy atom. The van der Waals surface area contributed by atoms with E-state index in [0.717, 1.165) is 26.1 Å². The quantitative estimate of drug-likeness (QED) is 0.854. The maximum absolute atomic E-state index is 13.4. The van der Waals surface area contributed by atoms with Crippen LogP contribution >= 0.6 is 0 Å². The molecule has 0 bridgehead atoms. The van der Waals surface area contributed by atoms with E-state index in [1.807, 2.05) is 0 Å². The molecule has 1 saturated heterocycles. The van der Waals surface area contributed by atoms with Crippen molar-refractivity contribution in [1.29, 1.82) is 0 Å². The molecule has 1 heterocycles. The molecule has 1 aliphatic heterocycles. The highest BCUT2D eigenvalue weighted by atomic mass is 32.2. The van der Waals surface area contributed by atoms with E-state index >= 15 is 0 Å². The number of rotatable bonds is 4. The summed E-state index contributed by atoms with van der Waals surface area (Å²) in [6.07, 6.45) is 1.06. The van der Waals surface area contributed by atoms with Crippen molar-refractivity contribution in [1.82, 2.24) is 9.21 Å². The van der Waals surface area contributed by atoms with E-state index in [1.54, 1.807) is 6.92 Å². The molecule has 0 amide bonds. The van der Waals surface area contributed by atoms with Crippen LogP contribution in [-0.2, 0) is 10.0 Å². The molecule has 1 aromatic rings. The van der Waals surface area contributed by atoms with Gasteiger partial charge in [0.1, 0.15) is 5.82 Å². The Morgan fingerprint density at radius 2 is 1.86 bits per heavy atom. The zero-order chi connectivity index (χ0) is 15.6. The van der Waals surface area contributed by atoms with Crippen molar-refractivity contribution in [2.24, 2.45) is 0 Å². The predicted octanol–water partition coefficient (Wildman–Crippen LogP) is 1.43. The van der Waals surface area contributed by atoms with Gasteiger partial charge in [-0.25, -0.2) is 12.8 Å². The van der Waals surface area contributed by atoms with Crippen molar-refractivity contribution >= 4 is 15.7 Å². The summed E-state index contributed by atoms with van der Waals surface area (Å²) in [5, 5.41) is 0. The Labute approximate surface area is 125 Å². The molecule has 5 nitrogen and oxygen atoms in total. The number of nitrogens with zero attached hydrogens (tertiary/aromatic N) is 2. The molecule has 7 heteroatoms. The van der Waals surface area contributed by atoms with Crippen LogP contribution in [0.5, 0.6) is 0 Å². The van der Waals surface area contributed by atoms with Gasteiger partial charge in [0.05, 0.1) is 10.6 Å². The van der Waals surface area contributed by atoms with Gasteiger partial charge >= 0.3 is 0 Å². The van der Waals surface area contributed by atoms with E-state index in [4.69, 9.17) is 5.73 Å². The first-order valence-corrected chi connectivity index (χ1v) is 8.58. The van der Waals surface area contributed by atoms with Crippen molar-refractivity contribution in [3.8, 4) is 0 Å². The lowest BCUT2D eigenvalue weighted by molar-refractivity contribution is 0.188. The minimum absolute atomic E-state index is 0.102. The molecular formula is C14H22FN3O2S. The highest BCUT2D eigenvalue weighted by molar-refractivity contribution is 7.89. The van der Waals surface area contributed by atoms with Gasteiger partial charge in [0, 0.05) is 26.2 Å². The number of halogens is 1. The summed E-state index contributed by atoms with van der Waals surface area (Å²) in [7, 11) is -3.61. The molecule has 0 radical (unpaired) electrons. The van der Waals surface area contributed by atoms with Crippen LogP contribution in [0.2, 0.25) is 0 Å². The molecule has 2 N–H and O–H groups in total. The number of sulfonamides is 1. The summed E-state index contributed by atoms with van der Waals surface area (Å²) in [6.45, 7) is 7.04. The molecule has 0 unspecified atom stereocenters. The zero-order valence-corrected chi connectivity index (χ0v) is 13.3. The highest BCUT2D eigenvalue weighted by Crippen LogP contribution is 2.25. The van der Waals surface area contributed by atoms with Gasteiger partial charge in [0.15, 0.2) is 0 Å². The average molecular weight is 315 g/mol. The summed E-state index contributed by atoms with van der Waals surface area (Å²) in [4.78, 5) is 2.35. The van der Waals surface area contributed by atoms with Crippen LogP contribution in [0.15, 0.2) is 17.0 Å². The van der Waals surface area contributed by atoms with Gasteiger partial charge in [-0.2, -0.15) is 4.31 Å². The molecule has 0 saturated carbocycles. The summed E-state index contributed by atoms with van der Waals surface area (Å²) in [6, 6.07) is 2.40. The van der Waals surface area contributed by atoms with E-state index in [-0.39, 0.29) is 10.6 Å². The topological polar surface area (TPSA) is 66.6 Å². The van der Waals surface area contributed by atoms with Crippen LogP contribution in [0, 0.1) is 12.7 Å². The van der Waals surface area contributed by atoms with Gasteiger partial charge in [-0.1, -0.05) is 6.92 Å². The Kier molecular flexibility index (Phi) is 4.85. The number of benzene rings is 1. The molecule has 0 aromatic heterocycles. The van der Waals surface area contributed by atoms with E-state index in [1.165, 1.54) is 16.4 Å². The molecule has 0 atom stereocenters. The van der Waals surface area contributed by atoms with E-state index in [2.05, 4.69) is 11.8 Å². The predicted molar refractivity (Wildman–Crippen MR) is 81.0 cm³/mol. The first-order chi connectivity index (χ1) is 9.86. The number of hydrogen-bond donors (Lipinski definition) is 1. The maximum Gasteiger partial charge on any atom is 0.243 e. The first kappa shape index (κ1) is 16.2. The number of piperazine rings is 1. The SMILES string of the molecule is CCCN1CCN(S(=O)(=O)c2cc(N)c(F)cc2C)CC1. The van der Waals surface area contributed by atoms with Crippen LogP contribution in [0.1, 0.15) is 18.9 Å². The van der Waals surface area contributed by atoms with Crippen molar-refractivity contribution < 1.29 is 12.8 Å². The number of hydrogen-bond acceptors (Lipinski definition) is 4. The third-order valence-corrected chi connectivity index (χ3v) is 5.82. The molecule has 0 spiro atoms. The highest BCUT2D eigenvalue weighted by Gasteiger charge is 2.29. The lowest BCUT2D eigenvalue weighted by atomic mass is 10.2.